The summed E-state index contributed by atoms with van der Waals surface area (Å²) in [5.74, 6) is 0.180. The lowest BCUT2D eigenvalue weighted by molar-refractivity contribution is 0.101. The van der Waals surface area contributed by atoms with Gasteiger partial charge in [0, 0.05) is 5.56 Å². The van der Waals surface area contributed by atoms with Gasteiger partial charge in [0.2, 0.25) is 5.78 Å². The number of halogens is 1. The Labute approximate surface area is 112 Å². The molecule has 0 saturated heterocycles. The van der Waals surface area contributed by atoms with E-state index in [1.165, 1.54) is 0 Å². The number of hydrogen-bond donors (Lipinski definition) is 0. The molecule has 1 aromatic carbocycles. The maximum atomic E-state index is 12.5. The van der Waals surface area contributed by atoms with Crippen LogP contribution in [-0.2, 0) is 0 Å². The van der Waals surface area contributed by atoms with Crippen molar-refractivity contribution in [3.8, 4) is 0 Å². The Bertz CT molecular complexity index is 597. The molecule has 0 spiro atoms. The molecule has 0 bridgehead atoms. The van der Waals surface area contributed by atoms with Crippen LogP contribution >= 0.6 is 11.6 Å². The molecular weight excluding hydrogens is 248 g/mol. The lowest BCUT2D eigenvalue weighted by atomic mass is 9.91. The molecule has 3 heteroatoms. The number of rotatable bonds is 2. The van der Waals surface area contributed by atoms with Gasteiger partial charge in [0.25, 0.3) is 0 Å². The van der Waals surface area contributed by atoms with Gasteiger partial charge in [-0.2, -0.15) is 0 Å². The van der Waals surface area contributed by atoms with Crippen molar-refractivity contribution in [3.05, 3.63) is 57.0 Å². The Hall–Kier alpha value is -1.54. The minimum Gasteiger partial charge on any atom is -0.441 e. The summed E-state index contributed by atoms with van der Waals surface area (Å²) >= 11 is 5.72. The highest BCUT2D eigenvalue weighted by atomic mass is 35.5. The topological polar surface area (TPSA) is 30.2 Å². The Morgan fingerprint density at radius 2 is 1.61 bits per heavy atom. The maximum Gasteiger partial charge on any atom is 0.228 e. The average molecular weight is 263 g/mol. The van der Waals surface area contributed by atoms with Crippen molar-refractivity contribution in [3.63, 3.8) is 0 Å². The summed E-state index contributed by atoms with van der Waals surface area (Å²) in [4.78, 5) is 12.5. The summed E-state index contributed by atoms with van der Waals surface area (Å²) in [7, 11) is 0. The summed E-state index contributed by atoms with van der Waals surface area (Å²) in [6.07, 6.45) is 0. The van der Waals surface area contributed by atoms with E-state index in [1.54, 1.807) is 12.1 Å². The number of carbonyl (C=O) groups is 1. The van der Waals surface area contributed by atoms with Crippen LogP contribution in [0.1, 0.15) is 38.4 Å². The SMILES string of the molecule is Cc1cc(C)c(C)c(C(=O)c2ccc(Cl)o2)c1C. The van der Waals surface area contributed by atoms with Crippen molar-refractivity contribution in [2.75, 3.05) is 0 Å². The highest BCUT2D eigenvalue weighted by Gasteiger charge is 2.20. The second-order valence-corrected chi connectivity index (χ2v) is 4.94. The molecule has 0 radical (unpaired) electrons. The zero-order chi connectivity index (χ0) is 13.4. The zero-order valence-electron chi connectivity index (χ0n) is 10.9. The van der Waals surface area contributed by atoms with E-state index >= 15 is 0 Å². The number of benzene rings is 1. The quantitative estimate of drug-likeness (QED) is 0.751. The first-order valence-electron chi connectivity index (χ1n) is 5.79. The van der Waals surface area contributed by atoms with Crippen LogP contribution in [0, 0.1) is 27.7 Å². The molecule has 18 heavy (non-hydrogen) atoms. The predicted octanol–water partition coefficient (Wildman–Crippen LogP) is 4.40. The van der Waals surface area contributed by atoms with Gasteiger partial charge in [0.15, 0.2) is 11.0 Å². The molecule has 1 heterocycles. The zero-order valence-corrected chi connectivity index (χ0v) is 11.7. The second-order valence-electron chi connectivity index (χ2n) is 4.57. The Morgan fingerprint density at radius 1 is 1.06 bits per heavy atom. The van der Waals surface area contributed by atoms with Crippen LogP contribution in [0.4, 0.5) is 0 Å². The van der Waals surface area contributed by atoms with Gasteiger partial charge in [0.05, 0.1) is 0 Å². The molecule has 0 aliphatic heterocycles. The molecule has 0 aliphatic rings. The highest BCUT2D eigenvalue weighted by molar-refractivity contribution is 6.29. The molecule has 94 valence electrons. The monoisotopic (exact) mass is 262 g/mol. The van der Waals surface area contributed by atoms with Crippen LogP contribution in [0.2, 0.25) is 5.22 Å². The first-order valence-corrected chi connectivity index (χ1v) is 6.17. The van der Waals surface area contributed by atoms with Gasteiger partial charge in [-0.25, -0.2) is 0 Å². The van der Waals surface area contributed by atoms with Crippen molar-refractivity contribution < 1.29 is 9.21 Å². The molecule has 2 rings (SSSR count). The van der Waals surface area contributed by atoms with Gasteiger partial charge in [-0.15, -0.1) is 0 Å². The van der Waals surface area contributed by atoms with E-state index < -0.39 is 0 Å². The Morgan fingerprint density at radius 3 is 2.06 bits per heavy atom. The molecule has 0 unspecified atom stereocenters. The molecular formula is C15H15ClO2. The lowest BCUT2D eigenvalue weighted by Gasteiger charge is -2.13. The van der Waals surface area contributed by atoms with Gasteiger partial charge in [-0.3, -0.25) is 4.79 Å². The normalized spacial score (nSPS) is 10.7. The summed E-state index contributed by atoms with van der Waals surface area (Å²) in [5, 5.41) is 0.234. The standard InChI is InChI=1S/C15H15ClO2/c1-8-7-9(2)11(4)14(10(8)3)15(17)12-5-6-13(16)18-12/h5-7H,1-4H3. The van der Waals surface area contributed by atoms with E-state index in [2.05, 4.69) is 6.07 Å². The second kappa shape index (κ2) is 4.62. The van der Waals surface area contributed by atoms with Crippen LogP contribution < -0.4 is 0 Å². The van der Waals surface area contributed by atoms with Crippen molar-refractivity contribution in [1.29, 1.82) is 0 Å². The van der Waals surface area contributed by atoms with E-state index in [-0.39, 0.29) is 16.8 Å². The smallest absolute Gasteiger partial charge is 0.228 e. The van der Waals surface area contributed by atoms with Gasteiger partial charge < -0.3 is 4.42 Å². The molecule has 0 N–H and O–H groups in total. The fraction of sp³-hybridized carbons (Fsp3) is 0.267. The molecule has 0 aliphatic carbocycles. The largest absolute Gasteiger partial charge is 0.441 e. The lowest BCUT2D eigenvalue weighted by Crippen LogP contribution is -2.08. The van der Waals surface area contributed by atoms with Gasteiger partial charge in [-0.1, -0.05) is 6.07 Å². The van der Waals surface area contributed by atoms with E-state index in [0.29, 0.717) is 0 Å². The maximum absolute atomic E-state index is 12.5. The third-order valence-electron chi connectivity index (χ3n) is 3.39. The predicted molar refractivity (Wildman–Crippen MR) is 72.5 cm³/mol. The number of ketones is 1. The number of aryl methyl sites for hydroxylation is 2. The Balaban J connectivity index is 2.61. The van der Waals surface area contributed by atoms with Crippen LogP contribution in [0.5, 0.6) is 0 Å². The molecule has 0 amide bonds. The number of carbonyl (C=O) groups excluding carboxylic acids is 1. The summed E-state index contributed by atoms with van der Waals surface area (Å²) in [6, 6.07) is 5.29. The first-order chi connectivity index (χ1) is 8.41. The minimum atomic E-state index is -0.108. The van der Waals surface area contributed by atoms with Gasteiger partial charge in [0.1, 0.15) is 0 Å². The molecule has 0 atom stereocenters. The number of furan rings is 1. The van der Waals surface area contributed by atoms with E-state index in [1.807, 2.05) is 27.7 Å². The fourth-order valence-corrected chi connectivity index (χ4v) is 2.26. The van der Waals surface area contributed by atoms with Crippen LogP contribution in [0.15, 0.2) is 22.6 Å². The third-order valence-corrected chi connectivity index (χ3v) is 3.59. The summed E-state index contributed by atoms with van der Waals surface area (Å²) in [5.41, 5.74) is 4.93. The molecule has 0 saturated carbocycles. The van der Waals surface area contributed by atoms with Crippen molar-refractivity contribution in [2.45, 2.75) is 27.7 Å². The summed E-state index contributed by atoms with van der Waals surface area (Å²) in [6.45, 7) is 7.93. The van der Waals surface area contributed by atoms with Crippen LogP contribution in [0.3, 0.4) is 0 Å². The van der Waals surface area contributed by atoms with Gasteiger partial charge >= 0.3 is 0 Å². The van der Waals surface area contributed by atoms with E-state index in [9.17, 15) is 4.79 Å². The number of hydrogen-bond acceptors (Lipinski definition) is 2. The van der Waals surface area contributed by atoms with Crippen LogP contribution in [-0.4, -0.2) is 5.78 Å². The molecule has 1 aromatic heterocycles. The minimum absolute atomic E-state index is 0.108. The van der Waals surface area contributed by atoms with Crippen LogP contribution in [0.25, 0.3) is 0 Å². The van der Waals surface area contributed by atoms with Gasteiger partial charge in [-0.05, 0) is 73.7 Å². The van der Waals surface area contributed by atoms with E-state index in [4.69, 9.17) is 16.0 Å². The third kappa shape index (κ3) is 2.08. The average Bonchev–Trinajstić information content (AvgIpc) is 2.73. The van der Waals surface area contributed by atoms with Crippen molar-refractivity contribution in [2.24, 2.45) is 0 Å². The highest BCUT2D eigenvalue weighted by Crippen LogP contribution is 2.25. The first kappa shape index (κ1) is 12.9. The fourth-order valence-electron chi connectivity index (χ4n) is 2.12. The van der Waals surface area contributed by atoms with E-state index in [0.717, 1.165) is 27.8 Å². The Kier molecular flexibility index (Phi) is 3.31. The molecule has 2 aromatic rings. The van der Waals surface area contributed by atoms with Crippen molar-refractivity contribution >= 4 is 17.4 Å². The summed E-state index contributed by atoms with van der Waals surface area (Å²) < 4.78 is 5.21. The molecule has 2 nitrogen and oxygen atoms in total. The molecule has 0 fully saturated rings. The van der Waals surface area contributed by atoms with Crippen molar-refractivity contribution in [1.82, 2.24) is 0 Å².